The van der Waals surface area contributed by atoms with Gasteiger partial charge >= 0.3 is 5.97 Å². The molecule has 3 rings (SSSR count). The van der Waals surface area contributed by atoms with Crippen molar-refractivity contribution in [3.8, 4) is 0 Å². The molecule has 1 fully saturated rings. The zero-order valence-electron chi connectivity index (χ0n) is 16.9. The molecule has 0 aliphatic carbocycles. The van der Waals surface area contributed by atoms with Gasteiger partial charge in [-0.25, -0.2) is 0 Å². The van der Waals surface area contributed by atoms with Crippen molar-refractivity contribution in [3.05, 3.63) is 52.3 Å². The Bertz CT molecular complexity index is 855. The summed E-state index contributed by atoms with van der Waals surface area (Å²) in [4.78, 5) is 25.5. The van der Waals surface area contributed by atoms with Crippen molar-refractivity contribution in [1.29, 1.82) is 0 Å². The predicted octanol–water partition coefficient (Wildman–Crippen LogP) is 3.11. The Morgan fingerprint density at radius 2 is 1.89 bits per heavy atom. The highest BCUT2D eigenvalue weighted by atomic mass is 16.4. The summed E-state index contributed by atoms with van der Waals surface area (Å²) in [6.07, 6.45) is 2.45. The molecule has 0 saturated carbocycles. The summed E-state index contributed by atoms with van der Waals surface area (Å²) >= 11 is 0. The van der Waals surface area contributed by atoms with E-state index in [1.54, 1.807) is 4.90 Å². The number of aliphatic carboxylic acids is 1. The van der Waals surface area contributed by atoms with Crippen molar-refractivity contribution in [2.45, 2.75) is 53.0 Å². The van der Waals surface area contributed by atoms with Crippen LogP contribution in [0.4, 0.5) is 0 Å². The molecular weight excluding hydrogens is 354 g/mol. The first-order chi connectivity index (χ1) is 13.3. The van der Waals surface area contributed by atoms with E-state index >= 15 is 0 Å². The molecule has 1 N–H and O–H groups in total. The number of carboxylic acids is 1. The number of likely N-dealkylation sites (tertiary alicyclic amines) is 1. The van der Waals surface area contributed by atoms with Crippen molar-refractivity contribution in [1.82, 2.24) is 14.7 Å². The zero-order valence-corrected chi connectivity index (χ0v) is 16.9. The molecule has 2 heterocycles. The molecule has 0 radical (unpaired) electrons. The van der Waals surface area contributed by atoms with Gasteiger partial charge in [-0.2, -0.15) is 5.10 Å². The average molecular weight is 383 g/mol. The third-order valence-corrected chi connectivity index (χ3v) is 5.70. The van der Waals surface area contributed by atoms with Crippen LogP contribution in [0.5, 0.6) is 0 Å². The molecule has 150 valence electrons. The molecule has 1 saturated heterocycles. The number of carbonyl (C=O) groups excluding carboxylic acids is 1. The lowest BCUT2D eigenvalue weighted by molar-refractivity contribution is -0.145. The fourth-order valence-electron chi connectivity index (χ4n) is 3.91. The molecule has 2 aromatic rings. The molecule has 6 heteroatoms. The highest BCUT2D eigenvalue weighted by molar-refractivity contribution is 5.78. The van der Waals surface area contributed by atoms with Crippen LogP contribution in [0.1, 0.15) is 47.3 Å². The van der Waals surface area contributed by atoms with Crippen molar-refractivity contribution in [2.75, 3.05) is 13.1 Å². The smallest absolute Gasteiger partial charge is 0.308 e. The normalized spacial score (nSPS) is 17.0. The number of hydrogen-bond donors (Lipinski definition) is 1. The molecule has 1 aliphatic heterocycles. The van der Waals surface area contributed by atoms with Crippen LogP contribution < -0.4 is 0 Å². The van der Waals surface area contributed by atoms with Crippen molar-refractivity contribution in [2.24, 2.45) is 5.92 Å². The van der Waals surface area contributed by atoms with Crippen LogP contribution in [-0.4, -0.2) is 44.8 Å². The lowest BCUT2D eigenvalue weighted by Gasteiger charge is -2.30. The van der Waals surface area contributed by atoms with Crippen molar-refractivity contribution in [3.63, 3.8) is 0 Å². The maximum atomic E-state index is 12.6. The van der Waals surface area contributed by atoms with Gasteiger partial charge in [0, 0.05) is 25.2 Å². The Balaban J connectivity index is 1.63. The Morgan fingerprint density at radius 3 is 2.57 bits per heavy atom. The van der Waals surface area contributed by atoms with Gasteiger partial charge in [0.05, 0.1) is 18.2 Å². The predicted molar refractivity (Wildman–Crippen MR) is 107 cm³/mol. The van der Waals surface area contributed by atoms with Gasteiger partial charge in [-0.15, -0.1) is 0 Å². The number of amides is 1. The largest absolute Gasteiger partial charge is 0.481 e. The SMILES string of the molecule is Cc1ccc(Cn2nc(C)c(CCC(=O)N3CCC[C@H](C(=O)O)C3)c2C)cc1. The van der Waals surface area contributed by atoms with Crippen molar-refractivity contribution >= 4 is 11.9 Å². The molecule has 1 aliphatic rings. The fourth-order valence-corrected chi connectivity index (χ4v) is 3.91. The van der Waals surface area contributed by atoms with Gasteiger partial charge in [0.25, 0.3) is 0 Å². The average Bonchev–Trinajstić information content (AvgIpc) is 2.94. The van der Waals surface area contributed by atoms with E-state index in [9.17, 15) is 14.7 Å². The van der Waals surface area contributed by atoms with Gasteiger partial charge in [0.2, 0.25) is 5.91 Å². The van der Waals surface area contributed by atoms with Crippen LogP contribution in [0.25, 0.3) is 0 Å². The van der Waals surface area contributed by atoms with Gasteiger partial charge in [-0.3, -0.25) is 14.3 Å². The highest BCUT2D eigenvalue weighted by Gasteiger charge is 2.28. The Labute approximate surface area is 166 Å². The van der Waals surface area contributed by atoms with E-state index in [1.165, 1.54) is 11.1 Å². The molecule has 0 unspecified atom stereocenters. The second-order valence-electron chi connectivity index (χ2n) is 7.81. The minimum Gasteiger partial charge on any atom is -0.481 e. The second kappa shape index (κ2) is 8.59. The summed E-state index contributed by atoms with van der Waals surface area (Å²) in [5.74, 6) is -1.20. The molecule has 1 amide bonds. The van der Waals surface area contributed by atoms with Gasteiger partial charge < -0.3 is 10.0 Å². The molecule has 1 atom stereocenters. The second-order valence-corrected chi connectivity index (χ2v) is 7.81. The van der Waals surface area contributed by atoms with Gasteiger partial charge in [-0.1, -0.05) is 29.8 Å². The molecular formula is C22H29N3O3. The third kappa shape index (κ3) is 4.61. The number of benzene rings is 1. The topological polar surface area (TPSA) is 75.4 Å². The lowest BCUT2D eigenvalue weighted by atomic mass is 9.97. The Kier molecular flexibility index (Phi) is 6.17. The molecule has 0 spiro atoms. The maximum Gasteiger partial charge on any atom is 0.308 e. The van der Waals surface area contributed by atoms with Crippen molar-refractivity contribution < 1.29 is 14.7 Å². The first-order valence-corrected chi connectivity index (χ1v) is 9.94. The quantitative estimate of drug-likeness (QED) is 0.832. The minimum atomic E-state index is -0.804. The van der Waals surface area contributed by atoms with E-state index in [0.717, 1.165) is 23.4 Å². The van der Waals surface area contributed by atoms with Crippen LogP contribution >= 0.6 is 0 Å². The molecule has 1 aromatic heterocycles. The van der Waals surface area contributed by atoms with E-state index in [1.807, 2.05) is 11.6 Å². The van der Waals surface area contributed by atoms with Crippen LogP contribution in [0.15, 0.2) is 24.3 Å². The summed E-state index contributed by atoms with van der Waals surface area (Å²) in [5.41, 5.74) is 5.60. The first-order valence-electron chi connectivity index (χ1n) is 9.94. The number of carbonyl (C=O) groups is 2. The first kappa shape index (κ1) is 20.1. The van der Waals surface area contributed by atoms with Gasteiger partial charge in [0.1, 0.15) is 0 Å². The summed E-state index contributed by atoms with van der Waals surface area (Å²) in [6, 6.07) is 8.43. The monoisotopic (exact) mass is 383 g/mol. The highest BCUT2D eigenvalue weighted by Crippen LogP contribution is 2.20. The van der Waals surface area contributed by atoms with E-state index in [-0.39, 0.29) is 5.91 Å². The van der Waals surface area contributed by atoms with Gasteiger partial charge in [0.15, 0.2) is 0 Å². The summed E-state index contributed by atoms with van der Waals surface area (Å²) in [6.45, 7) is 7.82. The summed E-state index contributed by atoms with van der Waals surface area (Å²) in [5, 5.41) is 13.9. The van der Waals surface area contributed by atoms with E-state index in [4.69, 9.17) is 0 Å². The lowest BCUT2D eigenvalue weighted by Crippen LogP contribution is -2.42. The minimum absolute atomic E-state index is 0.0380. The van der Waals surface area contributed by atoms with Gasteiger partial charge in [-0.05, 0) is 51.2 Å². The number of carboxylic acid groups (broad SMARTS) is 1. The number of rotatable bonds is 6. The molecule has 28 heavy (non-hydrogen) atoms. The molecule has 1 aromatic carbocycles. The van der Waals surface area contributed by atoms with Crippen LogP contribution in [0.2, 0.25) is 0 Å². The number of aryl methyl sites for hydroxylation is 2. The van der Waals surface area contributed by atoms with E-state index in [2.05, 4.69) is 43.2 Å². The number of piperidine rings is 1. The van der Waals surface area contributed by atoms with E-state index in [0.29, 0.717) is 38.9 Å². The number of aromatic nitrogens is 2. The zero-order chi connectivity index (χ0) is 20.3. The Morgan fingerprint density at radius 1 is 1.18 bits per heavy atom. The molecule has 6 nitrogen and oxygen atoms in total. The summed E-state index contributed by atoms with van der Waals surface area (Å²) < 4.78 is 2.00. The number of hydrogen-bond acceptors (Lipinski definition) is 3. The van der Waals surface area contributed by atoms with Crippen LogP contribution in [0, 0.1) is 26.7 Å². The van der Waals surface area contributed by atoms with Crippen LogP contribution in [0.3, 0.4) is 0 Å². The summed E-state index contributed by atoms with van der Waals surface area (Å²) in [7, 11) is 0. The Hall–Kier alpha value is -2.63. The fraction of sp³-hybridized carbons (Fsp3) is 0.500. The molecule has 0 bridgehead atoms. The van der Waals surface area contributed by atoms with Crippen LogP contribution in [-0.2, 0) is 22.6 Å². The maximum absolute atomic E-state index is 12.6. The number of nitrogens with zero attached hydrogens (tertiary/aromatic N) is 3. The van der Waals surface area contributed by atoms with E-state index < -0.39 is 11.9 Å². The standard InChI is InChI=1S/C22H29N3O3/c1-15-6-8-18(9-7-15)13-25-17(3)20(16(2)23-25)10-11-21(26)24-12-4-5-19(14-24)22(27)28/h6-9,19H,4-5,10-14H2,1-3H3,(H,27,28)/t19-/m0/s1. The third-order valence-electron chi connectivity index (χ3n) is 5.70.